The second-order valence-corrected chi connectivity index (χ2v) is 5.75. The van der Waals surface area contributed by atoms with Crippen molar-refractivity contribution in [3.05, 3.63) is 57.8 Å². The molecule has 0 unspecified atom stereocenters. The number of halogens is 3. The fourth-order valence-electron chi connectivity index (χ4n) is 1.98. The molecule has 5 nitrogen and oxygen atoms in total. The zero-order valence-corrected chi connectivity index (χ0v) is 14.7. The summed E-state index contributed by atoms with van der Waals surface area (Å²) in [7, 11) is 1.47. The number of anilines is 1. The van der Waals surface area contributed by atoms with Crippen molar-refractivity contribution in [2.24, 2.45) is 0 Å². The largest absolute Gasteiger partial charge is 0.495 e. The molecule has 0 saturated carbocycles. The summed E-state index contributed by atoms with van der Waals surface area (Å²) in [5.74, 6) is -1.47. The molecule has 0 heterocycles. The highest BCUT2D eigenvalue weighted by Crippen LogP contribution is 2.27. The fourth-order valence-corrected chi connectivity index (χ4v) is 2.47. The van der Waals surface area contributed by atoms with Crippen LogP contribution in [0.4, 0.5) is 10.1 Å². The van der Waals surface area contributed by atoms with Crippen LogP contribution >= 0.6 is 23.2 Å². The first-order chi connectivity index (χ1) is 11.9. The summed E-state index contributed by atoms with van der Waals surface area (Å²) in [6.07, 6.45) is -0.368. The number of methoxy groups -OCH3 is 1. The van der Waals surface area contributed by atoms with Crippen LogP contribution in [0.25, 0.3) is 0 Å². The lowest BCUT2D eigenvalue weighted by Crippen LogP contribution is -2.21. The molecule has 2 aromatic rings. The van der Waals surface area contributed by atoms with Gasteiger partial charge in [0.15, 0.2) is 6.61 Å². The third-order valence-corrected chi connectivity index (χ3v) is 3.83. The van der Waals surface area contributed by atoms with Gasteiger partial charge in [0, 0.05) is 16.3 Å². The van der Waals surface area contributed by atoms with Crippen LogP contribution < -0.4 is 10.1 Å². The van der Waals surface area contributed by atoms with Crippen molar-refractivity contribution in [3.8, 4) is 5.75 Å². The summed E-state index contributed by atoms with van der Waals surface area (Å²) in [6, 6.07) is 8.76. The van der Waals surface area contributed by atoms with Gasteiger partial charge in [0.25, 0.3) is 5.91 Å². The topological polar surface area (TPSA) is 64.6 Å². The van der Waals surface area contributed by atoms with E-state index >= 15 is 0 Å². The maximum absolute atomic E-state index is 13.6. The molecule has 132 valence electrons. The SMILES string of the molecule is COc1ccc(NC(=O)COC(=O)Cc2c(F)cccc2Cl)cc1Cl. The van der Waals surface area contributed by atoms with Crippen LogP contribution in [0.2, 0.25) is 10.0 Å². The number of hydrogen-bond acceptors (Lipinski definition) is 4. The number of rotatable bonds is 6. The third kappa shape index (κ3) is 5.34. The average Bonchev–Trinajstić information content (AvgIpc) is 2.57. The van der Waals surface area contributed by atoms with E-state index in [9.17, 15) is 14.0 Å². The summed E-state index contributed by atoms with van der Waals surface area (Å²) in [5, 5.41) is 2.96. The molecule has 0 spiro atoms. The number of amides is 1. The summed E-state index contributed by atoms with van der Waals surface area (Å²) in [6.45, 7) is -0.519. The van der Waals surface area contributed by atoms with Crippen LogP contribution in [0.15, 0.2) is 36.4 Å². The zero-order valence-electron chi connectivity index (χ0n) is 13.1. The van der Waals surface area contributed by atoms with Gasteiger partial charge in [0.05, 0.1) is 18.6 Å². The predicted molar refractivity (Wildman–Crippen MR) is 92.7 cm³/mol. The second-order valence-electron chi connectivity index (χ2n) is 4.94. The molecule has 2 rings (SSSR count). The van der Waals surface area contributed by atoms with Gasteiger partial charge in [-0.3, -0.25) is 9.59 Å². The molecule has 25 heavy (non-hydrogen) atoms. The molecule has 8 heteroatoms. The van der Waals surface area contributed by atoms with Crippen LogP contribution in [0.1, 0.15) is 5.56 Å². The van der Waals surface area contributed by atoms with Crippen LogP contribution in [-0.4, -0.2) is 25.6 Å². The van der Waals surface area contributed by atoms with Gasteiger partial charge >= 0.3 is 5.97 Å². The summed E-state index contributed by atoms with van der Waals surface area (Å²) in [4.78, 5) is 23.6. The maximum atomic E-state index is 13.6. The molecular formula is C17H14Cl2FNO4. The van der Waals surface area contributed by atoms with Gasteiger partial charge in [-0.15, -0.1) is 0 Å². The predicted octanol–water partition coefficient (Wildman–Crippen LogP) is 3.87. The number of carbonyl (C=O) groups is 2. The van der Waals surface area contributed by atoms with E-state index in [1.165, 1.54) is 31.4 Å². The molecular weight excluding hydrogens is 372 g/mol. The van der Waals surface area contributed by atoms with Crippen molar-refractivity contribution < 1.29 is 23.5 Å². The molecule has 1 N–H and O–H groups in total. The Morgan fingerprint density at radius 2 is 1.92 bits per heavy atom. The molecule has 0 aromatic heterocycles. The first-order valence-electron chi connectivity index (χ1n) is 7.12. The van der Waals surface area contributed by atoms with Crippen molar-refractivity contribution in [1.29, 1.82) is 0 Å². The Morgan fingerprint density at radius 1 is 1.16 bits per heavy atom. The molecule has 2 aromatic carbocycles. The van der Waals surface area contributed by atoms with E-state index in [0.717, 1.165) is 0 Å². The number of carbonyl (C=O) groups excluding carboxylic acids is 2. The number of benzene rings is 2. The highest BCUT2D eigenvalue weighted by atomic mass is 35.5. The van der Waals surface area contributed by atoms with Crippen LogP contribution in [0.5, 0.6) is 5.75 Å². The van der Waals surface area contributed by atoms with Crippen LogP contribution in [-0.2, 0) is 20.7 Å². The molecule has 0 aliphatic rings. The lowest BCUT2D eigenvalue weighted by atomic mass is 10.1. The van der Waals surface area contributed by atoms with Gasteiger partial charge in [0.1, 0.15) is 11.6 Å². The standard InChI is InChI=1S/C17H14Cl2FNO4/c1-24-15-6-5-10(7-13(15)19)21-16(22)9-25-17(23)8-11-12(18)3-2-4-14(11)20/h2-7H,8-9H2,1H3,(H,21,22). The third-order valence-electron chi connectivity index (χ3n) is 3.18. The highest BCUT2D eigenvalue weighted by Gasteiger charge is 2.14. The molecule has 0 aliphatic carbocycles. The minimum atomic E-state index is -0.769. The van der Waals surface area contributed by atoms with Crippen molar-refractivity contribution >= 4 is 40.8 Å². The smallest absolute Gasteiger partial charge is 0.310 e. The van der Waals surface area contributed by atoms with Crippen molar-refractivity contribution in [3.63, 3.8) is 0 Å². The number of hydrogen-bond donors (Lipinski definition) is 1. The van der Waals surface area contributed by atoms with E-state index < -0.39 is 24.3 Å². The Labute approximate surface area is 153 Å². The lowest BCUT2D eigenvalue weighted by Gasteiger charge is -2.09. The summed E-state index contributed by atoms with van der Waals surface area (Å²) >= 11 is 11.8. The molecule has 0 aliphatic heterocycles. The fraction of sp³-hybridized carbons (Fsp3) is 0.176. The average molecular weight is 386 g/mol. The zero-order chi connectivity index (χ0) is 18.4. The number of esters is 1. The van der Waals surface area contributed by atoms with Crippen molar-refractivity contribution in [1.82, 2.24) is 0 Å². The Hall–Kier alpha value is -2.31. The Kier molecular flexibility index (Phi) is 6.61. The van der Waals surface area contributed by atoms with Crippen molar-refractivity contribution in [2.75, 3.05) is 19.0 Å². The summed E-state index contributed by atoms with van der Waals surface area (Å²) < 4.78 is 23.4. The number of nitrogens with one attached hydrogen (secondary N) is 1. The normalized spacial score (nSPS) is 10.2. The van der Waals surface area contributed by atoms with Crippen LogP contribution in [0.3, 0.4) is 0 Å². The van der Waals surface area contributed by atoms with Gasteiger partial charge < -0.3 is 14.8 Å². The monoisotopic (exact) mass is 385 g/mol. The molecule has 0 bridgehead atoms. The highest BCUT2D eigenvalue weighted by molar-refractivity contribution is 6.32. The maximum Gasteiger partial charge on any atom is 0.310 e. The van der Waals surface area contributed by atoms with E-state index in [1.807, 2.05) is 0 Å². The van der Waals surface area contributed by atoms with E-state index in [0.29, 0.717) is 16.5 Å². The number of ether oxygens (including phenoxy) is 2. The minimum Gasteiger partial charge on any atom is -0.495 e. The Balaban J connectivity index is 1.87. The molecule has 0 fully saturated rings. The van der Waals surface area contributed by atoms with E-state index in [-0.39, 0.29) is 17.0 Å². The van der Waals surface area contributed by atoms with Crippen LogP contribution in [0, 0.1) is 5.82 Å². The molecule has 0 radical (unpaired) electrons. The first-order valence-corrected chi connectivity index (χ1v) is 7.88. The van der Waals surface area contributed by atoms with Crippen molar-refractivity contribution in [2.45, 2.75) is 6.42 Å². The van der Waals surface area contributed by atoms with Gasteiger partial charge in [-0.05, 0) is 30.3 Å². The Bertz CT molecular complexity index is 778. The van der Waals surface area contributed by atoms with Gasteiger partial charge in [-0.1, -0.05) is 29.3 Å². The van der Waals surface area contributed by atoms with E-state index in [4.69, 9.17) is 32.7 Å². The first kappa shape index (κ1) is 19.0. The molecule has 0 atom stereocenters. The second kappa shape index (κ2) is 8.69. The molecule has 0 saturated heterocycles. The Morgan fingerprint density at radius 3 is 2.56 bits per heavy atom. The quantitative estimate of drug-likeness (QED) is 0.766. The van der Waals surface area contributed by atoms with E-state index in [2.05, 4.69) is 5.32 Å². The van der Waals surface area contributed by atoms with Gasteiger partial charge in [0.2, 0.25) is 0 Å². The van der Waals surface area contributed by atoms with E-state index in [1.54, 1.807) is 12.1 Å². The lowest BCUT2D eigenvalue weighted by molar-refractivity contribution is -0.146. The van der Waals surface area contributed by atoms with Gasteiger partial charge in [-0.25, -0.2) is 4.39 Å². The molecule has 1 amide bonds. The summed E-state index contributed by atoms with van der Waals surface area (Å²) in [5.41, 5.74) is 0.445. The minimum absolute atomic E-state index is 0.0245. The van der Waals surface area contributed by atoms with Gasteiger partial charge in [-0.2, -0.15) is 0 Å².